The van der Waals surface area contributed by atoms with Crippen LogP contribution in [-0.4, -0.2) is 62.2 Å². The highest BCUT2D eigenvalue weighted by Gasteiger charge is 2.28. The van der Waals surface area contributed by atoms with E-state index in [1.54, 1.807) is 18.2 Å². The molecule has 1 fully saturated rings. The summed E-state index contributed by atoms with van der Waals surface area (Å²) in [6.45, 7) is 5.03. The molecule has 11 heteroatoms. The van der Waals surface area contributed by atoms with Crippen molar-refractivity contribution in [3.8, 4) is 6.07 Å². The molecule has 1 aromatic heterocycles. The zero-order chi connectivity index (χ0) is 29.6. The Morgan fingerprint density at radius 3 is 2.41 bits per heavy atom. The predicted octanol–water partition coefficient (Wildman–Crippen LogP) is 5.34. The lowest BCUT2D eigenvalue weighted by Gasteiger charge is -2.42. The topological polar surface area (TPSA) is 106 Å². The van der Waals surface area contributed by atoms with Crippen molar-refractivity contribution in [2.45, 2.75) is 49.7 Å². The monoisotopic (exact) mass is 613 g/mol. The molecule has 41 heavy (non-hydrogen) atoms. The average Bonchev–Trinajstić information content (AvgIpc) is 2.95. The van der Waals surface area contributed by atoms with Gasteiger partial charge in [0.05, 0.1) is 32.1 Å². The highest BCUT2D eigenvalue weighted by atomic mass is 35.5. The van der Waals surface area contributed by atoms with Gasteiger partial charge in [0.1, 0.15) is 0 Å². The van der Waals surface area contributed by atoms with Crippen molar-refractivity contribution in [3.05, 3.63) is 87.7 Å². The van der Waals surface area contributed by atoms with E-state index in [9.17, 15) is 18.5 Å². The molecule has 216 valence electrons. The van der Waals surface area contributed by atoms with Gasteiger partial charge in [0.2, 0.25) is 0 Å². The lowest BCUT2D eigenvalue weighted by atomic mass is 9.99. The number of hydrogen-bond acceptors (Lipinski definition) is 7. The van der Waals surface area contributed by atoms with Gasteiger partial charge in [0, 0.05) is 62.6 Å². The largest absolute Gasteiger partial charge is 0.364 e. The summed E-state index contributed by atoms with van der Waals surface area (Å²) in [5, 5.41) is 12.7. The zero-order valence-corrected chi connectivity index (χ0v) is 25.4. The lowest BCUT2D eigenvalue weighted by molar-refractivity contribution is 0.0945. The Morgan fingerprint density at radius 1 is 1.15 bits per heavy atom. The van der Waals surface area contributed by atoms with E-state index >= 15 is 0 Å². The maximum Gasteiger partial charge on any atom is 0.254 e. The molecule has 1 aliphatic heterocycles. The van der Waals surface area contributed by atoms with Crippen LogP contribution in [0.5, 0.6) is 0 Å². The van der Waals surface area contributed by atoms with E-state index < -0.39 is 9.84 Å². The van der Waals surface area contributed by atoms with Gasteiger partial charge >= 0.3 is 0 Å². The average molecular weight is 615 g/mol. The number of carbonyl (C=O) groups is 1. The molecular formula is C30H33Cl2N5O3S. The van der Waals surface area contributed by atoms with Crippen LogP contribution >= 0.6 is 23.2 Å². The van der Waals surface area contributed by atoms with Crippen LogP contribution in [0.15, 0.2) is 65.8 Å². The normalized spacial score (nSPS) is 15.2. The van der Waals surface area contributed by atoms with Crippen LogP contribution in [0.1, 0.15) is 47.7 Å². The van der Waals surface area contributed by atoms with E-state index in [2.05, 4.69) is 33.1 Å². The maximum atomic E-state index is 12.6. The summed E-state index contributed by atoms with van der Waals surface area (Å²) < 4.78 is 24.0. The van der Waals surface area contributed by atoms with Gasteiger partial charge < -0.3 is 15.1 Å². The number of piperidine rings is 1. The Balaban J connectivity index is 1.39. The molecule has 3 aromatic rings. The van der Waals surface area contributed by atoms with Crippen molar-refractivity contribution in [2.75, 3.05) is 30.8 Å². The summed E-state index contributed by atoms with van der Waals surface area (Å²) in [7, 11) is -3.29. The van der Waals surface area contributed by atoms with Gasteiger partial charge in [-0.1, -0.05) is 35.3 Å². The molecule has 8 nitrogen and oxygen atoms in total. The van der Waals surface area contributed by atoms with Crippen molar-refractivity contribution < 1.29 is 13.2 Å². The first kappa shape index (κ1) is 30.8. The lowest BCUT2D eigenvalue weighted by Crippen LogP contribution is -2.48. The Kier molecular flexibility index (Phi) is 10.3. The Labute approximate surface area is 251 Å². The number of carbonyl (C=O) groups excluding carboxylic acids is 1. The van der Waals surface area contributed by atoms with Crippen LogP contribution in [0.3, 0.4) is 0 Å². The molecule has 0 spiro atoms. The van der Waals surface area contributed by atoms with Gasteiger partial charge in [-0.15, -0.1) is 0 Å². The first-order valence-corrected chi connectivity index (χ1v) is 16.1. The number of nitriles is 1. The molecule has 2 heterocycles. The molecule has 0 saturated carbocycles. The van der Waals surface area contributed by atoms with E-state index in [4.69, 9.17) is 23.2 Å². The fourth-order valence-electron chi connectivity index (χ4n) is 5.18. The van der Waals surface area contributed by atoms with Crippen molar-refractivity contribution in [1.29, 1.82) is 5.26 Å². The fraction of sp³-hybridized carbons (Fsp3) is 0.367. The van der Waals surface area contributed by atoms with E-state index in [1.165, 1.54) is 18.6 Å². The third kappa shape index (κ3) is 7.98. The minimum absolute atomic E-state index is 0.222. The smallest absolute Gasteiger partial charge is 0.254 e. The molecule has 0 bridgehead atoms. The van der Waals surface area contributed by atoms with E-state index in [0.717, 1.165) is 43.6 Å². The fourth-order valence-corrected chi connectivity index (χ4v) is 6.35. The minimum Gasteiger partial charge on any atom is -0.364 e. The summed E-state index contributed by atoms with van der Waals surface area (Å²) in [4.78, 5) is 21.5. The molecule has 0 radical (unpaired) electrons. The van der Waals surface area contributed by atoms with Crippen molar-refractivity contribution >= 4 is 44.6 Å². The third-order valence-electron chi connectivity index (χ3n) is 7.50. The van der Waals surface area contributed by atoms with Gasteiger partial charge in [0.25, 0.3) is 5.91 Å². The summed E-state index contributed by atoms with van der Waals surface area (Å²) in [6, 6.07) is 17.3. The molecule has 2 aromatic carbocycles. The number of sulfone groups is 1. The summed E-state index contributed by atoms with van der Waals surface area (Å²) in [5.41, 5.74) is 2.82. The van der Waals surface area contributed by atoms with Crippen LogP contribution in [0, 0.1) is 11.3 Å². The Morgan fingerprint density at radius 2 is 1.80 bits per heavy atom. The van der Waals surface area contributed by atoms with Crippen LogP contribution < -0.4 is 10.2 Å². The standard InChI is InChI=1S/C30H33Cl2N5O3S/c1-21(10-13-35-30(38)29-27(31)18-34-19-28(29)32)36-14-11-25(12-15-36)37(20-23-5-3-4-22(16-23)17-33)24-6-8-26(9-7-24)41(2,39)40/h3-9,16,18-19,21,25H,10-15,20H2,1-2H3,(H,35,38). The number of nitrogens with zero attached hydrogens (tertiary/aromatic N) is 4. The molecule has 1 unspecified atom stereocenters. The second kappa shape index (κ2) is 13.7. The second-order valence-electron chi connectivity index (χ2n) is 10.3. The summed E-state index contributed by atoms with van der Waals surface area (Å²) in [6.07, 6.45) is 6.63. The number of nitrogens with one attached hydrogen (secondary N) is 1. The number of aromatic nitrogens is 1. The highest BCUT2D eigenvalue weighted by Crippen LogP contribution is 2.28. The quantitative estimate of drug-likeness (QED) is 0.329. The first-order valence-electron chi connectivity index (χ1n) is 13.4. The number of amides is 1. The van der Waals surface area contributed by atoms with Gasteiger partial charge in [-0.3, -0.25) is 9.78 Å². The number of hydrogen-bond donors (Lipinski definition) is 1. The molecule has 1 saturated heterocycles. The second-order valence-corrected chi connectivity index (χ2v) is 13.2. The van der Waals surface area contributed by atoms with Crippen LogP contribution in [0.2, 0.25) is 10.0 Å². The van der Waals surface area contributed by atoms with Crippen molar-refractivity contribution in [3.63, 3.8) is 0 Å². The highest BCUT2D eigenvalue weighted by molar-refractivity contribution is 7.90. The number of pyridine rings is 1. The van der Waals surface area contributed by atoms with Crippen LogP contribution in [-0.2, 0) is 16.4 Å². The number of benzene rings is 2. The van der Waals surface area contributed by atoms with Crippen LogP contribution in [0.4, 0.5) is 5.69 Å². The van der Waals surface area contributed by atoms with Gasteiger partial charge in [-0.2, -0.15) is 5.26 Å². The van der Waals surface area contributed by atoms with E-state index in [-0.39, 0.29) is 38.5 Å². The third-order valence-corrected chi connectivity index (χ3v) is 9.20. The maximum absolute atomic E-state index is 12.6. The number of halogens is 2. The Hall–Kier alpha value is -3.16. The predicted molar refractivity (Wildman–Crippen MR) is 162 cm³/mol. The molecule has 0 aliphatic carbocycles. The molecular weight excluding hydrogens is 581 g/mol. The van der Waals surface area contributed by atoms with Gasteiger partial charge in [-0.25, -0.2) is 8.42 Å². The van der Waals surface area contributed by atoms with Crippen molar-refractivity contribution in [2.24, 2.45) is 0 Å². The number of rotatable bonds is 10. The Bertz CT molecular complexity index is 1500. The van der Waals surface area contributed by atoms with Crippen molar-refractivity contribution in [1.82, 2.24) is 15.2 Å². The zero-order valence-electron chi connectivity index (χ0n) is 23.1. The molecule has 1 N–H and O–H groups in total. The SMILES string of the molecule is CC(CCNC(=O)c1c(Cl)cncc1Cl)N1CCC(N(Cc2cccc(C#N)c2)c2ccc(S(C)(=O)=O)cc2)CC1. The first-order chi connectivity index (χ1) is 19.6. The van der Waals surface area contributed by atoms with Crippen LogP contribution in [0.25, 0.3) is 0 Å². The van der Waals surface area contributed by atoms with E-state index in [1.807, 2.05) is 30.3 Å². The van der Waals surface area contributed by atoms with Gasteiger partial charge in [-0.05, 0) is 68.1 Å². The van der Waals surface area contributed by atoms with Gasteiger partial charge in [0.15, 0.2) is 9.84 Å². The number of anilines is 1. The molecule has 1 aliphatic rings. The molecule has 1 amide bonds. The summed E-state index contributed by atoms with van der Waals surface area (Å²) in [5.74, 6) is -0.314. The van der Waals surface area contributed by atoms with E-state index in [0.29, 0.717) is 18.7 Å². The molecule has 1 atom stereocenters. The molecule has 4 rings (SSSR count). The number of likely N-dealkylation sites (tertiary alicyclic amines) is 1. The summed E-state index contributed by atoms with van der Waals surface area (Å²) >= 11 is 12.2. The minimum atomic E-state index is -3.29.